The van der Waals surface area contributed by atoms with Gasteiger partial charge in [0.2, 0.25) is 5.88 Å². The average molecular weight is 503 g/mol. The van der Waals surface area contributed by atoms with E-state index >= 15 is 0 Å². The highest BCUT2D eigenvalue weighted by Gasteiger charge is 2.33. The molecule has 0 atom stereocenters. The zero-order valence-corrected chi connectivity index (χ0v) is 19.1. The van der Waals surface area contributed by atoms with E-state index in [0.29, 0.717) is 29.0 Å². The van der Waals surface area contributed by atoms with Crippen molar-refractivity contribution in [3.8, 4) is 17.4 Å². The summed E-state index contributed by atoms with van der Waals surface area (Å²) in [5.41, 5.74) is -0.694. The minimum absolute atomic E-state index is 0.0535. The number of anilines is 2. The first kappa shape index (κ1) is 24.0. The lowest BCUT2D eigenvalue weighted by atomic mass is 10.2. The molecular formula is C23H18ClF3N6O2. The summed E-state index contributed by atoms with van der Waals surface area (Å²) in [7, 11) is 0. The Morgan fingerprint density at radius 2 is 1.69 bits per heavy atom. The molecule has 0 aliphatic heterocycles. The number of aryl methyl sites for hydroxylation is 2. The van der Waals surface area contributed by atoms with E-state index < -0.39 is 22.8 Å². The molecule has 0 fully saturated rings. The number of urea groups is 1. The van der Waals surface area contributed by atoms with E-state index in [-0.39, 0.29) is 5.69 Å². The molecule has 0 saturated carbocycles. The third-order valence-electron chi connectivity index (χ3n) is 4.74. The van der Waals surface area contributed by atoms with E-state index in [1.807, 2.05) is 6.92 Å². The van der Waals surface area contributed by atoms with Gasteiger partial charge in [-0.3, -0.25) is 4.57 Å². The summed E-state index contributed by atoms with van der Waals surface area (Å²) in [5.74, 6) is 2.65. The van der Waals surface area contributed by atoms with E-state index in [2.05, 4.69) is 25.6 Å². The molecule has 8 nitrogen and oxygen atoms in total. The highest BCUT2D eigenvalue weighted by molar-refractivity contribution is 6.31. The Morgan fingerprint density at radius 1 is 1.00 bits per heavy atom. The fourth-order valence-corrected chi connectivity index (χ4v) is 3.39. The van der Waals surface area contributed by atoms with Crippen LogP contribution in [0.5, 0.6) is 11.6 Å². The van der Waals surface area contributed by atoms with Crippen molar-refractivity contribution in [2.24, 2.45) is 0 Å². The van der Waals surface area contributed by atoms with Crippen LogP contribution in [0.4, 0.5) is 29.3 Å². The highest BCUT2D eigenvalue weighted by Crippen LogP contribution is 2.36. The third-order valence-corrected chi connectivity index (χ3v) is 5.07. The van der Waals surface area contributed by atoms with Crippen LogP contribution in [-0.2, 0) is 6.18 Å². The van der Waals surface area contributed by atoms with Gasteiger partial charge in [0.25, 0.3) is 0 Å². The zero-order chi connectivity index (χ0) is 25.2. The number of rotatable bonds is 5. The Hall–Kier alpha value is -4.12. The number of benzene rings is 2. The Bertz CT molecular complexity index is 1370. The molecule has 0 aliphatic rings. The second kappa shape index (κ2) is 9.63. The Balaban J connectivity index is 1.41. The summed E-state index contributed by atoms with van der Waals surface area (Å²) in [6.45, 7) is 3.59. The van der Waals surface area contributed by atoms with Crippen LogP contribution >= 0.6 is 11.6 Å². The molecule has 0 aliphatic carbocycles. The van der Waals surface area contributed by atoms with Crippen molar-refractivity contribution in [2.75, 3.05) is 10.6 Å². The van der Waals surface area contributed by atoms with Crippen LogP contribution in [0.2, 0.25) is 5.02 Å². The van der Waals surface area contributed by atoms with Gasteiger partial charge in [-0.2, -0.15) is 18.2 Å². The van der Waals surface area contributed by atoms with Crippen molar-refractivity contribution in [3.05, 3.63) is 83.2 Å². The number of aromatic nitrogens is 4. The molecule has 2 aromatic heterocycles. The zero-order valence-electron chi connectivity index (χ0n) is 18.4. The molecule has 2 heterocycles. The molecule has 4 aromatic rings. The smallest absolute Gasteiger partial charge is 0.417 e. The molecular weight excluding hydrogens is 485 g/mol. The molecule has 180 valence electrons. The SMILES string of the molecule is Cc1nc(Oc2ccc(NC(=O)Nc3ccc(Cl)c(C(F)(F)F)c3)cc2)cc(-n2ccnc2C)n1. The van der Waals surface area contributed by atoms with Crippen LogP contribution in [-0.4, -0.2) is 25.6 Å². The molecule has 0 radical (unpaired) electrons. The second-order valence-electron chi connectivity index (χ2n) is 7.35. The fourth-order valence-electron chi connectivity index (χ4n) is 3.16. The first-order valence-electron chi connectivity index (χ1n) is 10.2. The van der Waals surface area contributed by atoms with Crippen molar-refractivity contribution >= 4 is 29.0 Å². The third kappa shape index (κ3) is 5.87. The molecule has 0 saturated heterocycles. The van der Waals surface area contributed by atoms with Crippen LogP contribution in [0.15, 0.2) is 60.9 Å². The molecule has 2 amide bonds. The standard InChI is InChI=1S/C23H18ClF3N6O2/c1-13-29-20(33-10-9-28-14(33)2)12-21(30-13)35-17-6-3-15(4-7-17)31-22(34)32-16-5-8-19(24)18(11-16)23(25,26)27/h3-12H,1-2H3,(H2,31,32,34). The summed E-state index contributed by atoms with van der Waals surface area (Å²) < 4.78 is 46.6. The number of nitrogens with zero attached hydrogens (tertiary/aromatic N) is 4. The Kier molecular flexibility index (Phi) is 6.61. The summed E-state index contributed by atoms with van der Waals surface area (Å²) in [5, 5.41) is 4.44. The summed E-state index contributed by atoms with van der Waals surface area (Å²) in [6.07, 6.45) is -1.20. The maximum absolute atomic E-state index is 13.0. The van der Waals surface area contributed by atoms with E-state index in [9.17, 15) is 18.0 Å². The molecule has 4 rings (SSSR count). The molecule has 35 heavy (non-hydrogen) atoms. The predicted molar refractivity (Wildman–Crippen MR) is 124 cm³/mol. The topological polar surface area (TPSA) is 94.0 Å². The van der Waals surface area contributed by atoms with Gasteiger partial charge in [0.05, 0.1) is 10.6 Å². The van der Waals surface area contributed by atoms with Crippen LogP contribution in [0.25, 0.3) is 5.82 Å². The minimum Gasteiger partial charge on any atom is -0.439 e. The first-order chi connectivity index (χ1) is 16.6. The number of alkyl halides is 3. The van der Waals surface area contributed by atoms with Gasteiger partial charge in [0.15, 0.2) is 0 Å². The van der Waals surface area contributed by atoms with Crippen molar-refractivity contribution in [1.29, 1.82) is 0 Å². The van der Waals surface area contributed by atoms with Gasteiger partial charge >= 0.3 is 12.2 Å². The van der Waals surface area contributed by atoms with Crippen molar-refractivity contribution in [2.45, 2.75) is 20.0 Å². The second-order valence-corrected chi connectivity index (χ2v) is 7.76. The van der Waals surface area contributed by atoms with Gasteiger partial charge in [-0.25, -0.2) is 14.8 Å². The minimum atomic E-state index is -4.64. The normalized spacial score (nSPS) is 11.3. The maximum atomic E-state index is 13.0. The first-order valence-corrected chi connectivity index (χ1v) is 10.5. The molecule has 2 aromatic carbocycles. The number of hydrogen-bond acceptors (Lipinski definition) is 5. The number of nitrogens with one attached hydrogen (secondary N) is 2. The number of carbonyl (C=O) groups excluding carboxylic acids is 1. The molecule has 2 N–H and O–H groups in total. The van der Waals surface area contributed by atoms with Gasteiger partial charge in [0, 0.05) is 29.8 Å². The summed E-state index contributed by atoms with van der Waals surface area (Å²) in [6, 6.07) is 10.4. The van der Waals surface area contributed by atoms with E-state index in [1.54, 1.807) is 54.2 Å². The van der Waals surface area contributed by atoms with Crippen LogP contribution in [0, 0.1) is 13.8 Å². The number of imidazole rings is 1. The number of amides is 2. The lowest BCUT2D eigenvalue weighted by Gasteiger charge is -2.13. The van der Waals surface area contributed by atoms with Crippen LogP contribution < -0.4 is 15.4 Å². The van der Waals surface area contributed by atoms with Gasteiger partial charge < -0.3 is 15.4 Å². The van der Waals surface area contributed by atoms with Crippen molar-refractivity contribution in [3.63, 3.8) is 0 Å². The van der Waals surface area contributed by atoms with E-state index in [1.165, 1.54) is 6.07 Å². The summed E-state index contributed by atoms with van der Waals surface area (Å²) >= 11 is 5.60. The number of hydrogen-bond donors (Lipinski definition) is 2. The van der Waals surface area contributed by atoms with Crippen molar-refractivity contribution < 1.29 is 22.7 Å². The van der Waals surface area contributed by atoms with Crippen LogP contribution in [0.3, 0.4) is 0 Å². The van der Waals surface area contributed by atoms with Gasteiger partial charge in [-0.05, 0) is 56.3 Å². The number of halogens is 4. The van der Waals surface area contributed by atoms with Crippen molar-refractivity contribution in [1.82, 2.24) is 19.5 Å². The molecule has 12 heteroatoms. The van der Waals surface area contributed by atoms with Gasteiger partial charge in [-0.15, -0.1) is 0 Å². The average Bonchev–Trinajstić information content (AvgIpc) is 3.21. The Morgan fingerprint density at radius 3 is 2.34 bits per heavy atom. The summed E-state index contributed by atoms with van der Waals surface area (Å²) in [4.78, 5) is 25.1. The molecule has 0 bridgehead atoms. The van der Waals surface area contributed by atoms with Crippen LogP contribution in [0.1, 0.15) is 17.2 Å². The maximum Gasteiger partial charge on any atom is 0.417 e. The van der Waals surface area contributed by atoms with Gasteiger partial charge in [-0.1, -0.05) is 11.6 Å². The predicted octanol–water partition coefficient (Wildman–Crippen LogP) is 6.39. The monoisotopic (exact) mass is 502 g/mol. The largest absolute Gasteiger partial charge is 0.439 e. The Labute approximate surface area is 202 Å². The van der Waals surface area contributed by atoms with E-state index in [0.717, 1.165) is 18.0 Å². The number of ether oxygens (including phenoxy) is 1. The van der Waals surface area contributed by atoms with Gasteiger partial charge in [0.1, 0.15) is 23.2 Å². The number of carbonyl (C=O) groups is 1. The van der Waals surface area contributed by atoms with E-state index in [4.69, 9.17) is 16.3 Å². The lowest BCUT2D eigenvalue weighted by Crippen LogP contribution is -2.19. The quantitative estimate of drug-likeness (QED) is 0.330. The molecule has 0 unspecified atom stereocenters. The molecule has 0 spiro atoms. The fraction of sp³-hybridized carbons (Fsp3) is 0.130. The lowest BCUT2D eigenvalue weighted by molar-refractivity contribution is -0.137. The highest BCUT2D eigenvalue weighted by atomic mass is 35.5.